The molecule has 1 saturated heterocycles. The maximum atomic E-state index is 12.6. The van der Waals surface area contributed by atoms with E-state index in [1.165, 1.54) is 6.42 Å². The number of hydrogen-bond donors (Lipinski definition) is 2. The number of nitrogens with zero attached hydrogens (tertiary/aromatic N) is 3. The molecule has 0 spiro atoms. The first-order valence-corrected chi connectivity index (χ1v) is 11.8. The van der Waals surface area contributed by atoms with Crippen molar-refractivity contribution in [2.24, 2.45) is 5.92 Å². The molecular weight excluding hydrogens is 408 g/mol. The number of carbonyl (C=O) groups excluding carboxylic acids is 1. The van der Waals surface area contributed by atoms with Crippen molar-refractivity contribution in [2.75, 3.05) is 13.7 Å². The molecule has 2 N–H and O–H groups in total. The molecule has 1 aliphatic carbocycles. The lowest BCUT2D eigenvalue weighted by Gasteiger charge is -2.37. The van der Waals surface area contributed by atoms with Crippen molar-refractivity contribution in [3.63, 3.8) is 0 Å². The van der Waals surface area contributed by atoms with Gasteiger partial charge in [0.25, 0.3) is 0 Å². The lowest BCUT2D eigenvalue weighted by atomic mass is 9.88. The number of amides is 1. The zero-order valence-corrected chi connectivity index (χ0v) is 18.8. The smallest absolute Gasteiger partial charge is 0.223 e. The standard InChI is InChI=1S/C24H34N4O4/c1-31-22-10-6-5-9-19(22)21-15-28(27-26-21)14-13-18-11-12-20(23(16-29)32-18)25-24(30)17-7-3-2-4-8-17/h5-6,9-10,15,17-18,20,23,29H,2-4,7-8,11-14,16H2,1H3,(H,25,30)/t18-,20+,23-/m0/s1. The van der Waals surface area contributed by atoms with Crippen LogP contribution in [0.25, 0.3) is 11.3 Å². The predicted molar refractivity (Wildman–Crippen MR) is 120 cm³/mol. The summed E-state index contributed by atoms with van der Waals surface area (Å²) in [5, 5.41) is 21.5. The number of methoxy groups -OCH3 is 1. The highest BCUT2D eigenvalue weighted by atomic mass is 16.5. The van der Waals surface area contributed by atoms with Gasteiger partial charge >= 0.3 is 0 Å². The van der Waals surface area contributed by atoms with E-state index in [0.29, 0.717) is 6.54 Å². The lowest BCUT2D eigenvalue weighted by Crippen LogP contribution is -2.52. The van der Waals surface area contributed by atoms with Crippen LogP contribution in [0.2, 0.25) is 0 Å². The molecule has 3 atom stereocenters. The van der Waals surface area contributed by atoms with Gasteiger partial charge in [0.05, 0.1) is 32.1 Å². The highest BCUT2D eigenvalue weighted by Gasteiger charge is 2.33. The summed E-state index contributed by atoms with van der Waals surface area (Å²) >= 11 is 0. The second kappa shape index (κ2) is 10.9. The van der Waals surface area contributed by atoms with Crippen LogP contribution in [0, 0.1) is 5.92 Å². The average molecular weight is 443 g/mol. The van der Waals surface area contributed by atoms with Crippen LogP contribution in [0.1, 0.15) is 51.4 Å². The van der Waals surface area contributed by atoms with Gasteiger partial charge in [-0.25, -0.2) is 0 Å². The Balaban J connectivity index is 1.28. The van der Waals surface area contributed by atoms with Gasteiger partial charge < -0.3 is 19.9 Å². The van der Waals surface area contributed by atoms with Crippen molar-refractivity contribution in [2.45, 2.75) is 76.2 Å². The van der Waals surface area contributed by atoms with E-state index in [4.69, 9.17) is 9.47 Å². The van der Waals surface area contributed by atoms with E-state index >= 15 is 0 Å². The van der Waals surface area contributed by atoms with Gasteiger partial charge in [-0.3, -0.25) is 9.48 Å². The number of rotatable bonds is 8. The lowest BCUT2D eigenvalue weighted by molar-refractivity contribution is -0.133. The summed E-state index contributed by atoms with van der Waals surface area (Å²) in [6.45, 7) is 0.581. The fourth-order valence-corrected chi connectivity index (χ4v) is 4.84. The molecule has 1 aromatic carbocycles. The van der Waals surface area contributed by atoms with Gasteiger partial charge in [0.15, 0.2) is 0 Å². The van der Waals surface area contributed by atoms with Gasteiger partial charge in [-0.05, 0) is 44.2 Å². The number of nitrogens with one attached hydrogen (secondary N) is 1. The number of hydrogen-bond acceptors (Lipinski definition) is 6. The maximum Gasteiger partial charge on any atom is 0.223 e. The Morgan fingerprint density at radius 3 is 2.81 bits per heavy atom. The number of ether oxygens (including phenoxy) is 2. The summed E-state index contributed by atoms with van der Waals surface area (Å²) in [5.41, 5.74) is 1.68. The van der Waals surface area contributed by atoms with Crippen molar-refractivity contribution in [1.82, 2.24) is 20.3 Å². The van der Waals surface area contributed by atoms with Gasteiger partial charge in [0.2, 0.25) is 5.91 Å². The summed E-state index contributed by atoms with van der Waals surface area (Å²) in [6, 6.07) is 7.63. The van der Waals surface area contributed by atoms with Crippen LogP contribution in [-0.2, 0) is 16.1 Å². The van der Waals surface area contributed by atoms with Gasteiger partial charge in [-0.15, -0.1) is 5.10 Å². The van der Waals surface area contributed by atoms with Crippen molar-refractivity contribution in [3.8, 4) is 17.0 Å². The molecular formula is C24H34N4O4. The van der Waals surface area contributed by atoms with Crippen LogP contribution in [0.15, 0.2) is 30.5 Å². The van der Waals surface area contributed by atoms with E-state index in [0.717, 1.165) is 62.0 Å². The highest BCUT2D eigenvalue weighted by Crippen LogP contribution is 2.28. The van der Waals surface area contributed by atoms with Crippen molar-refractivity contribution >= 4 is 5.91 Å². The minimum absolute atomic E-state index is 0.0221. The van der Waals surface area contributed by atoms with Crippen LogP contribution in [-0.4, -0.2) is 58.0 Å². The van der Waals surface area contributed by atoms with Crippen LogP contribution >= 0.6 is 0 Å². The molecule has 1 aromatic heterocycles. The van der Waals surface area contributed by atoms with Crippen LogP contribution in [0.5, 0.6) is 5.75 Å². The molecule has 8 nitrogen and oxygen atoms in total. The molecule has 32 heavy (non-hydrogen) atoms. The van der Waals surface area contributed by atoms with Gasteiger partial charge in [0, 0.05) is 18.0 Å². The molecule has 2 heterocycles. The summed E-state index contributed by atoms with van der Waals surface area (Å²) < 4.78 is 13.4. The second-order valence-corrected chi connectivity index (χ2v) is 8.86. The fraction of sp³-hybridized carbons (Fsp3) is 0.625. The first-order chi connectivity index (χ1) is 15.7. The SMILES string of the molecule is COc1ccccc1-c1cn(CC[C@@H]2CC[C@@H](NC(=O)C3CCCCC3)[C@H](CO)O2)nn1. The molecule has 1 amide bonds. The Morgan fingerprint density at radius 1 is 1.22 bits per heavy atom. The number of benzene rings is 1. The third kappa shape index (κ3) is 5.48. The highest BCUT2D eigenvalue weighted by molar-refractivity contribution is 5.79. The molecule has 0 radical (unpaired) electrons. The second-order valence-electron chi connectivity index (χ2n) is 8.86. The van der Waals surface area contributed by atoms with Crippen molar-refractivity contribution in [1.29, 1.82) is 0 Å². The molecule has 2 aromatic rings. The topological polar surface area (TPSA) is 98.5 Å². The maximum absolute atomic E-state index is 12.6. The van der Waals surface area contributed by atoms with Crippen LogP contribution in [0.4, 0.5) is 0 Å². The quantitative estimate of drug-likeness (QED) is 0.652. The van der Waals surface area contributed by atoms with E-state index in [9.17, 15) is 9.90 Å². The summed E-state index contributed by atoms with van der Waals surface area (Å²) in [4.78, 5) is 12.6. The Morgan fingerprint density at radius 2 is 2.03 bits per heavy atom. The van der Waals surface area contributed by atoms with Gasteiger partial charge in [-0.1, -0.05) is 36.6 Å². The minimum Gasteiger partial charge on any atom is -0.496 e. The summed E-state index contributed by atoms with van der Waals surface area (Å²) in [5.74, 6) is 1.01. The van der Waals surface area contributed by atoms with E-state index in [1.54, 1.807) is 7.11 Å². The zero-order valence-electron chi connectivity index (χ0n) is 18.8. The van der Waals surface area contributed by atoms with Gasteiger partial charge in [0.1, 0.15) is 17.5 Å². The molecule has 174 valence electrons. The third-order valence-corrected chi connectivity index (χ3v) is 6.70. The minimum atomic E-state index is -0.360. The van der Waals surface area contributed by atoms with E-state index < -0.39 is 0 Å². The third-order valence-electron chi connectivity index (χ3n) is 6.70. The van der Waals surface area contributed by atoms with Gasteiger partial charge in [-0.2, -0.15) is 0 Å². The average Bonchev–Trinajstić information content (AvgIpc) is 3.32. The Bertz CT molecular complexity index is 880. The number of para-hydroxylation sites is 1. The summed E-state index contributed by atoms with van der Waals surface area (Å²) in [6.07, 6.45) is 9.45. The van der Waals surface area contributed by atoms with Crippen molar-refractivity contribution in [3.05, 3.63) is 30.5 Å². The van der Waals surface area contributed by atoms with E-state index in [-0.39, 0.29) is 36.7 Å². The normalized spacial score (nSPS) is 24.2. The Kier molecular flexibility index (Phi) is 7.76. The Labute approximate surface area is 189 Å². The van der Waals surface area contributed by atoms with E-state index in [1.807, 2.05) is 35.1 Å². The molecule has 2 fully saturated rings. The fourth-order valence-electron chi connectivity index (χ4n) is 4.84. The molecule has 0 bridgehead atoms. The first kappa shape index (κ1) is 22.7. The molecule has 4 rings (SSSR count). The number of aryl methyl sites for hydroxylation is 1. The number of carbonyl (C=O) groups is 1. The predicted octanol–water partition coefficient (Wildman–Crippen LogP) is 2.95. The monoisotopic (exact) mass is 442 g/mol. The Hall–Kier alpha value is -2.45. The summed E-state index contributed by atoms with van der Waals surface area (Å²) in [7, 11) is 1.64. The van der Waals surface area contributed by atoms with Crippen LogP contribution < -0.4 is 10.1 Å². The number of aliphatic hydroxyl groups is 1. The van der Waals surface area contributed by atoms with E-state index in [2.05, 4.69) is 15.6 Å². The molecule has 8 heteroatoms. The largest absolute Gasteiger partial charge is 0.496 e. The molecule has 0 unspecified atom stereocenters. The van der Waals surface area contributed by atoms with Crippen molar-refractivity contribution < 1.29 is 19.4 Å². The number of aromatic nitrogens is 3. The zero-order chi connectivity index (χ0) is 22.3. The first-order valence-electron chi connectivity index (χ1n) is 11.8. The molecule has 2 aliphatic rings. The van der Waals surface area contributed by atoms with Crippen LogP contribution in [0.3, 0.4) is 0 Å². The molecule has 1 saturated carbocycles. The number of aliphatic hydroxyl groups excluding tert-OH is 1. The molecule has 1 aliphatic heterocycles.